The Morgan fingerprint density at radius 2 is 1.94 bits per heavy atom. The molecule has 1 aliphatic rings. The number of para-hydroxylation sites is 1. The number of benzene rings is 1. The largest absolute Gasteiger partial charge is 0.364 e. The number of anilines is 1. The zero-order valence-electron chi connectivity index (χ0n) is 10.2. The Bertz CT molecular complexity index is 375. The second-order valence-electron chi connectivity index (χ2n) is 4.62. The summed E-state index contributed by atoms with van der Waals surface area (Å²) in [6.07, 6.45) is 1.82. The second-order valence-corrected chi connectivity index (χ2v) is 4.62. The topological polar surface area (TPSA) is 15.3 Å². The molecule has 4 heteroatoms. The van der Waals surface area contributed by atoms with Crippen LogP contribution in [-0.4, -0.2) is 25.7 Å². The average Bonchev–Trinajstić information content (AvgIpc) is 2.30. The molecule has 0 amide bonds. The fourth-order valence-electron chi connectivity index (χ4n) is 2.53. The minimum Gasteiger partial charge on any atom is -0.364 e. The molecular formula is C13H18F2N2. The molecule has 0 radical (unpaired) electrons. The summed E-state index contributed by atoms with van der Waals surface area (Å²) < 4.78 is 27.4. The van der Waals surface area contributed by atoms with Crippen LogP contribution < -0.4 is 10.2 Å². The van der Waals surface area contributed by atoms with E-state index in [4.69, 9.17) is 0 Å². The molecule has 0 saturated carbocycles. The molecule has 0 aromatic heterocycles. The maximum atomic E-state index is 13.7. The zero-order valence-corrected chi connectivity index (χ0v) is 10.2. The third kappa shape index (κ3) is 2.41. The average molecular weight is 240 g/mol. The highest BCUT2D eigenvalue weighted by atomic mass is 19.1. The van der Waals surface area contributed by atoms with Gasteiger partial charge >= 0.3 is 0 Å². The van der Waals surface area contributed by atoms with Crippen molar-refractivity contribution in [1.29, 1.82) is 0 Å². The van der Waals surface area contributed by atoms with Gasteiger partial charge in [0.15, 0.2) is 0 Å². The van der Waals surface area contributed by atoms with Crippen LogP contribution in [0.25, 0.3) is 0 Å². The van der Waals surface area contributed by atoms with Gasteiger partial charge in [-0.15, -0.1) is 0 Å². The van der Waals surface area contributed by atoms with Crippen LogP contribution in [0.5, 0.6) is 0 Å². The highest BCUT2D eigenvalue weighted by Gasteiger charge is 2.28. The lowest BCUT2D eigenvalue weighted by Gasteiger charge is -2.39. The molecular weight excluding hydrogens is 222 g/mol. The maximum Gasteiger partial charge on any atom is 0.149 e. The van der Waals surface area contributed by atoms with E-state index in [1.165, 1.54) is 18.2 Å². The Kier molecular flexibility index (Phi) is 3.62. The molecule has 1 aromatic carbocycles. The Labute approximate surface area is 101 Å². The quantitative estimate of drug-likeness (QED) is 0.854. The molecule has 1 N–H and O–H groups in total. The number of nitrogens with zero attached hydrogens (tertiary/aromatic N) is 1. The first-order chi connectivity index (χ1) is 8.13. The van der Waals surface area contributed by atoms with Crippen LogP contribution in [0.15, 0.2) is 18.2 Å². The fraction of sp³-hybridized carbons (Fsp3) is 0.538. The Morgan fingerprint density at radius 1 is 1.29 bits per heavy atom. The van der Waals surface area contributed by atoms with Crippen LogP contribution >= 0.6 is 0 Å². The van der Waals surface area contributed by atoms with Crippen molar-refractivity contribution in [3.8, 4) is 0 Å². The zero-order chi connectivity index (χ0) is 12.4. The normalized spacial score (nSPS) is 25.1. The number of hydrogen-bond donors (Lipinski definition) is 1. The van der Waals surface area contributed by atoms with Crippen molar-refractivity contribution >= 4 is 5.69 Å². The van der Waals surface area contributed by atoms with E-state index in [2.05, 4.69) is 5.32 Å². The first-order valence-electron chi connectivity index (χ1n) is 6.01. The van der Waals surface area contributed by atoms with Gasteiger partial charge < -0.3 is 10.2 Å². The fourth-order valence-corrected chi connectivity index (χ4v) is 2.53. The third-order valence-electron chi connectivity index (χ3n) is 3.51. The SMILES string of the molecule is CNC1CCN(c2c(F)cccc2F)C(C)C1. The van der Waals surface area contributed by atoms with E-state index in [0.29, 0.717) is 12.6 Å². The minimum absolute atomic E-state index is 0.120. The Hall–Kier alpha value is -1.16. The van der Waals surface area contributed by atoms with Crippen molar-refractivity contribution < 1.29 is 8.78 Å². The summed E-state index contributed by atoms with van der Waals surface area (Å²) in [5.41, 5.74) is 0.120. The molecule has 0 bridgehead atoms. The van der Waals surface area contributed by atoms with Gasteiger partial charge in [-0.1, -0.05) is 6.07 Å². The number of hydrogen-bond acceptors (Lipinski definition) is 2. The first kappa shape index (κ1) is 12.3. The molecule has 2 atom stereocenters. The van der Waals surface area contributed by atoms with Crippen LogP contribution in [-0.2, 0) is 0 Å². The van der Waals surface area contributed by atoms with Crippen molar-refractivity contribution in [3.05, 3.63) is 29.8 Å². The lowest BCUT2D eigenvalue weighted by Crippen LogP contribution is -2.47. The smallest absolute Gasteiger partial charge is 0.149 e. The molecule has 2 rings (SSSR count). The first-order valence-corrected chi connectivity index (χ1v) is 6.01. The highest BCUT2D eigenvalue weighted by molar-refractivity contribution is 5.50. The van der Waals surface area contributed by atoms with Crippen molar-refractivity contribution in [3.63, 3.8) is 0 Å². The van der Waals surface area contributed by atoms with Crippen LogP contribution in [0.4, 0.5) is 14.5 Å². The summed E-state index contributed by atoms with van der Waals surface area (Å²) in [7, 11) is 1.93. The van der Waals surface area contributed by atoms with Crippen LogP contribution in [0.1, 0.15) is 19.8 Å². The predicted octanol–water partition coefficient (Wildman–Crippen LogP) is 2.54. The molecule has 1 aliphatic heterocycles. The number of halogens is 2. The molecule has 1 heterocycles. The van der Waals surface area contributed by atoms with Gasteiger partial charge in [-0.25, -0.2) is 8.78 Å². The van der Waals surface area contributed by atoms with Crippen molar-refractivity contribution in [1.82, 2.24) is 5.32 Å². The molecule has 2 nitrogen and oxygen atoms in total. The summed E-state index contributed by atoms with van der Waals surface area (Å²) in [6.45, 7) is 2.69. The van der Waals surface area contributed by atoms with Crippen LogP contribution in [0, 0.1) is 11.6 Å². The number of rotatable bonds is 2. The standard InChI is InChI=1S/C13H18F2N2/c1-9-8-10(16-2)6-7-17(9)13-11(14)4-3-5-12(13)15/h3-5,9-10,16H,6-8H2,1-2H3. The van der Waals surface area contributed by atoms with Crippen LogP contribution in [0.2, 0.25) is 0 Å². The molecule has 1 aromatic rings. The molecule has 17 heavy (non-hydrogen) atoms. The van der Waals surface area contributed by atoms with Crippen LogP contribution in [0.3, 0.4) is 0 Å². The van der Waals surface area contributed by atoms with E-state index in [1.807, 2.05) is 18.9 Å². The van der Waals surface area contributed by atoms with Gasteiger partial charge in [-0.2, -0.15) is 0 Å². The van der Waals surface area contributed by atoms with E-state index in [0.717, 1.165) is 12.8 Å². The van der Waals surface area contributed by atoms with E-state index in [1.54, 1.807) is 0 Å². The maximum absolute atomic E-state index is 13.7. The van der Waals surface area contributed by atoms with E-state index in [9.17, 15) is 8.78 Å². The van der Waals surface area contributed by atoms with Crippen molar-refractivity contribution in [2.45, 2.75) is 31.8 Å². The van der Waals surface area contributed by atoms with Gasteiger partial charge in [0.25, 0.3) is 0 Å². The monoisotopic (exact) mass is 240 g/mol. The van der Waals surface area contributed by atoms with Crippen molar-refractivity contribution in [2.24, 2.45) is 0 Å². The lowest BCUT2D eigenvalue weighted by molar-refractivity contribution is 0.380. The summed E-state index contributed by atoms with van der Waals surface area (Å²) in [6, 6.07) is 4.62. The minimum atomic E-state index is -0.472. The third-order valence-corrected chi connectivity index (χ3v) is 3.51. The molecule has 1 fully saturated rings. The Morgan fingerprint density at radius 3 is 2.47 bits per heavy atom. The predicted molar refractivity (Wildman–Crippen MR) is 65.2 cm³/mol. The van der Waals surface area contributed by atoms with E-state index >= 15 is 0 Å². The molecule has 1 saturated heterocycles. The molecule has 2 unspecified atom stereocenters. The number of piperidine rings is 1. The summed E-state index contributed by atoms with van der Waals surface area (Å²) >= 11 is 0. The lowest BCUT2D eigenvalue weighted by atomic mass is 9.97. The molecule has 0 spiro atoms. The summed E-state index contributed by atoms with van der Waals surface area (Å²) in [4.78, 5) is 1.83. The van der Waals surface area contributed by atoms with Gasteiger partial charge in [-0.05, 0) is 38.9 Å². The Balaban J connectivity index is 2.23. The van der Waals surface area contributed by atoms with E-state index < -0.39 is 11.6 Å². The van der Waals surface area contributed by atoms with Gasteiger partial charge in [0.1, 0.15) is 17.3 Å². The highest BCUT2D eigenvalue weighted by Crippen LogP contribution is 2.29. The van der Waals surface area contributed by atoms with Gasteiger partial charge in [0.2, 0.25) is 0 Å². The summed E-state index contributed by atoms with van der Waals surface area (Å²) in [5, 5.41) is 3.22. The molecule has 94 valence electrons. The number of nitrogens with one attached hydrogen (secondary N) is 1. The van der Waals surface area contributed by atoms with E-state index in [-0.39, 0.29) is 11.7 Å². The summed E-state index contributed by atoms with van der Waals surface area (Å²) in [5.74, 6) is -0.945. The van der Waals surface area contributed by atoms with Gasteiger partial charge in [0.05, 0.1) is 0 Å². The van der Waals surface area contributed by atoms with Crippen molar-refractivity contribution in [2.75, 3.05) is 18.5 Å². The second kappa shape index (κ2) is 5.00. The molecule has 0 aliphatic carbocycles. The van der Waals surface area contributed by atoms with Gasteiger partial charge in [0, 0.05) is 18.6 Å². The van der Waals surface area contributed by atoms with Gasteiger partial charge in [-0.3, -0.25) is 0 Å².